The molecule has 2 aromatic rings. The first kappa shape index (κ1) is 13.3. The van der Waals surface area contributed by atoms with Crippen LogP contribution in [0.15, 0.2) is 18.5 Å². The lowest BCUT2D eigenvalue weighted by molar-refractivity contribution is 0.0904. The molecule has 0 spiro atoms. The topological polar surface area (TPSA) is 95.8 Å². The number of carbonyl (C=O) groups is 1. The van der Waals surface area contributed by atoms with E-state index in [4.69, 9.17) is 0 Å². The van der Waals surface area contributed by atoms with Crippen LogP contribution in [0.5, 0.6) is 0 Å². The maximum absolute atomic E-state index is 12.1. The number of aromatic amines is 1. The highest BCUT2D eigenvalue weighted by Gasteiger charge is 2.18. The first-order valence-electron chi connectivity index (χ1n) is 6.10. The maximum atomic E-state index is 12.1. The first-order valence-corrected chi connectivity index (χ1v) is 6.10. The average Bonchev–Trinajstić information content (AvgIpc) is 3.03. The van der Waals surface area contributed by atoms with Gasteiger partial charge in [-0.05, 0) is 19.9 Å². The fourth-order valence-corrected chi connectivity index (χ4v) is 1.85. The summed E-state index contributed by atoms with van der Waals surface area (Å²) in [6, 6.07) is 1.14. The molecule has 0 aliphatic rings. The van der Waals surface area contributed by atoms with Crippen LogP contribution in [0.2, 0.25) is 0 Å². The molecule has 102 valence electrons. The third-order valence-corrected chi connectivity index (χ3v) is 2.83. The van der Waals surface area contributed by atoms with Crippen LogP contribution in [0.3, 0.4) is 0 Å². The molecule has 0 aliphatic carbocycles. The minimum atomic E-state index is -0.506. The molecule has 0 saturated heterocycles. The highest BCUT2D eigenvalue weighted by Crippen LogP contribution is 2.11. The molecule has 0 fully saturated rings. The quantitative estimate of drug-likeness (QED) is 0.727. The fraction of sp³-hybridized carbons (Fsp3) is 0.417. The second-order valence-electron chi connectivity index (χ2n) is 4.16. The number of aryl methyl sites for hydroxylation is 2. The number of amides is 1. The van der Waals surface area contributed by atoms with Gasteiger partial charge < -0.3 is 15.4 Å². The van der Waals surface area contributed by atoms with Crippen molar-refractivity contribution in [3.8, 4) is 0 Å². The van der Waals surface area contributed by atoms with Crippen molar-refractivity contribution in [3.05, 3.63) is 35.7 Å². The van der Waals surface area contributed by atoms with E-state index >= 15 is 0 Å². The SMILES string of the molecule is CCn1nccc1C(=O)NC(CO)c1cnc(C)[nH]1. The molecule has 2 heterocycles. The van der Waals surface area contributed by atoms with Crippen molar-refractivity contribution in [2.24, 2.45) is 0 Å². The normalized spacial score (nSPS) is 12.4. The Bertz CT molecular complexity index is 560. The number of aromatic nitrogens is 4. The lowest BCUT2D eigenvalue weighted by Gasteiger charge is -2.15. The Morgan fingerprint density at radius 3 is 3.00 bits per heavy atom. The van der Waals surface area contributed by atoms with Gasteiger partial charge in [0.05, 0.1) is 24.5 Å². The van der Waals surface area contributed by atoms with Crippen LogP contribution in [0, 0.1) is 6.92 Å². The third kappa shape index (κ3) is 2.82. The monoisotopic (exact) mass is 263 g/mol. The van der Waals surface area contributed by atoms with Gasteiger partial charge in [0.15, 0.2) is 0 Å². The van der Waals surface area contributed by atoms with Crippen molar-refractivity contribution >= 4 is 5.91 Å². The smallest absolute Gasteiger partial charge is 0.270 e. The van der Waals surface area contributed by atoms with Gasteiger partial charge in [0.25, 0.3) is 5.91 Å². The number of carbonyl (C=O) groups excluding carboxylic acids is 1. The zero-order valence-corrected chi connectivity index (χ0v) is 10.9. The summed E-state index contributed by atoms with van der Waals surface area (Å²) in [6.07, 6.45) is 3.18. The number of nitrogens with zero attached hydrogens (tertiary/aromatic N) is 3. The second-order valence-corrected chi connectivity index (χ2v) is 4.16. The highest BCUT2D eigenvalue weighted by molar-refractivity contribution is 5.92. The number of nitrogens with one attached hydrogen (secondary N) is 2. The average molecular weight is 263 g/mol. The van der Waals surface area contributed by atoms with Crippen LogP contribution in [0.4, 0.5) is 0 Å². The number of aliphatic hydroxyl groups is 1. The van der Waals surface area contributed by atoms with Gasteiger partial charge >= 0.3 is 0 Å². The minimum absolute atomic E-state index is 0.201. The van der Waals surface area contributed by atoms with Gasteiger partial charge in [-0.15, -0.1) is 0 Å². The molecule has 1 atom stereocenters. The zero-order valence-electron chi connectivity index (χ0n) is 10.9. The van der Waals surface area contributed by atoms with Crippen LogP contribution >= 0.6 is 0 Å². The van der Waals surface area contributed by atoms with Gasteiger partial charge in [-0.3, -0.25) is 9.48 Å². The number of hydrogen-bond donors (Lipinski definition) is 3. The van der Waals surface area contributed by atoms with Gasteiger partial charge in [-0.25, -0.2) is 4.98 Å². The number of imidazole rings is 1. The molecule has 0 saturated carbocycles. The Morgan fingerprint density at radius 1 is 1.63 bits per heavy atom. The zero-order chi connectivity index (χ0) is 13.8. The summed E-state index contributed by atoms with van der Waals surface area (Å²) in [5.41, 5.74) is 1.15. The number of hydrogen-bond acceptors (Lipinski definition) is 4. The largest absolute Gasteiger partial charge is 0.394 e. The van der Waals surface area contributed by atoms with Crippen LogP contribution in [-0.2, 0) is 6.54 Å². The van der Waals surface area contributed by atoms with E-state index in [1.54, 1.807) is 23.1 Å². The predicted octanol–water partition coefficient (Wildman–Crippen LogP) is 0.398. The summed E-state index contributed by atoms with van der Waals surface area (Å²) in [4.78, 5) is 19.2. The molecule has 0 radical (unpaired) electrons. The van der Waals surface area contributed by atoms with E-state index in [9.17, 15) is 9.90 Å². The van der Waals surface area contributed by atoms with Crippen molar-refractivity contribution in [2.75, 3.05) is 6.61 Å². The standard InChI is InChI=1S/C12H17N5O2/c1-3-17-11(4-5-14-17)12(19)16-10(7-18)9-6-13-8(2)15-9/h4-6,10,18H,3,7H2,1-2H3,(H,13,15)(H,16,19). The molecule has 19 heavy (non-hydrogen) atoms. The molecule has 7 heteroatoms. The molecule has 2 rings (SSSR count). The van der Waals surface area contributed by atoms with E-state index < -0.39 is 6.04 Å². The lowest BCUT2D eigenvalue weighted by Crippen LogP contribution is -2.32. The van der Waals surface area contributed by atoms with E-state index in [0.29, 0.717) is 17.9 Å². The van der Waals surface area contributed by atoms with Gasteiger partial charge in [0.2, 0.25) is 0 Å². The molecule has 0 aromatic carbocycles. The molecule has 3 N–H and O–H groups in total. The van der Waals surface area contributed by atoms with Crippen molar-refractivity contribution in [1.29, 1.82) is 0 Å². The summed E-state index contributed by atoms with van der Waals surface area (Å²) in [5, 5.41) is 16.2. The molecular formula is C12H17N5O2. The maximum Gasteiger partial charge on any atom is 0.270 e. The first-order chi connectivity index (χ1) is 9.15. The van der Waals surface area contributed by atoms with E-state index in [1.807, 2.05) is 13.8 Å². The van der Waals surface area contributed by atoms with Crippen LogP contribution in [0.1, 0.15) is 35.0 Å². The fourth-order valence-electron chi connectivity index (χ4n) is 1.85. The van der Waals surface area contributed by atoms with E-state index in [0.717, 1.165) is 5.82 Å². The van der Waals surface area contributed by atoms with Crippen molar-refractivity contribution in [3.63, 3.8) is 0 Å². The lowest BCUT2D eigenvalue weighted by atomic mass is 10.2. The summed E-state index contributed by atoms with van der Waals surface area (Å²) < 4.78 is 1.60. The van der Waals surface area contributed by atoms with Crippen molar-refractivity contribution < 1.29 is 9.90 Å². The molecule has 2 aromatic heterocycles. The van der Waals surface area contributed by atoms with Crippen LogP contribution < -0.4 is 5.32 Å². The Hall–Kier alpha value is -2.15. The Morgan fingerprint density at radius 2 is 2.42 bits per heavy atom. The van der Waals surface area contributed by atoms with Gasteiger partial charge in [0.1, 0.15) is 11.5 Å². The minimum Gasteiger partial charge on any atom is -0.394 e. The molecule has 7 nitrogen and oxygen atoms in total. The third-order valence-electron chi connectivity index (χ3n) is 2.83. The van der Waals surface area contributed by atoms with Crippen molar-refractivity contribution in [2.45, 2.75) is 26.4 Å². The van der Waals surface area contributed by atoms with E-state index in [1.165, 1.54) is 0 Å². The highest BCUT2D eigenvalue weighted by atomic mass is 16.3. The Kier molecular flexibility index (Phi) is 3.96. The summed E-state index contributed by atoms with van der Waals surface area (Å²) in [6.45, 7) is 4.13. The Balaban J connectivity index is 2.13. The molecule has 0 aliphatic heterocycles. The van der Waals surface area contributed by atoms with Gasteiger partial charge in [-0.2, -0.15) is 5.10 Å². The summed E-state index contributed by atoms with van der Waals surface area (Å²) in [5.74, 6) is 0.465. The summed E-state index contributed by atoms with van der Waals surface area (Å²) in [7, 11) is 0. The molecule has 1 unspecified atom stereocenters. The summed E-state index contributed by atoms with van der Waals surface area (Å²) >= 11 is 0. The predicted molar refractivity (Wildman–Crippen MR) is 68.5 cm³/mol. The molecular weight excluding hydrogens is 246 g/mol. The van der Waals surface area contributed by atoms with Crippen molar-refractivity contribution in [1.82, 2.24) is 25.1 Å². The number of aliphatic hydroxyl groups excluding tert-OH is 1. The number of rotatable bonds is 5. The second kappa shape index (κ2) is 5.66. The molecule has 1 amide bonds. The Labute approximate surface area is 110 Å². The van der Waals surface area contributed by atoms with E-state index in [-0.39, 0.29) is 12.5 Å². The number of H-pyrrole nitrogens is 1. The molecule has 0 bridgehead atoms. The van der Waals surface area contributed by atoms with Crippen LogP contribution in [-0.4, -0.2) is 37.4 Å². The van der Waals surface area contributed by atoms with Gasteiger partial charge in [0, 0.05) is 12.7 Å². The van der Waals surface area contributed by atoms with Gasteiger partial charge in [-0.1, -0.05) is 0 Å². The van der Waals surface area contributed by atoms with Crippen LogP contribution in [0.25, 0.3) is 0 Å². The van der Waals surface area contributed by atoms with E-state index in [2.05, 4.69) is 20.4 Å².